The van der Waals surface area contributed by atoms with Crippen molar-refractivity contribution in [1.82, 2.24) is 24.0 Å². The molecule has 0 aromatic carbocycles. The third-order valence-electron chi connectivity index (χ3n) is 3.42. The minimum Gasteiger partial charge on any atom is -0.481 e. The van der Waals surface area contributed by atoms with E-state index in [-0.39, 0.29) is 36.6 Å². The van der Waals surface area contributed by atoms with Gasteiger partial charge in [-0.25, -0.2) is 9.78 Å². The Kier molecular flexibility index (Phi) is 4.63. The lowest BCUT2D eigenvalue weighted by Crippen LogP contribution is -2.38. The second-order valence-electron chi connectivity index (χ2n) is 5.10. The molecule has 23 heavy (non-hydrogen) atoms. The zero-order valence-corrected chi connectivity index (χ0v) is 12.8. The highest BCUT2D eigenvalue weighted by atomic mass is 16.4. The summed E-state index contributed by atoms with van der Waals surface area (Å²) >= 11 is 0. The predicted molar refractivity (Wildman–Crippen MR) is 80.1 cm³/mol. The topological polar surface area (TPSA) is 128 Å². The number of carboxylic acid groups (broad SMARTS) is 1. The van der Waals surface area contributed by atoms with Crippen molar-refractivity contribution in [2.75, 3.05) is 6.54 Å². The first-order valence-electron chi connectivity index (χ1n) is 6.92. The van der Waals surface area contributed by atoms with Crippen LogP contribution in [-0.2, 0) is 30.2 Å². The van der Waals surface area contributed by atoms with E-state index >= 15 is 0 Å². The third kappa shape index (κ3) is 3.30. The number of rotatable bonds is 6. The fraction of sp³-hybridized carbons (Fsp3) is 0.462. The van der Waals surface area contributed by atoms with Gasteiger partial charge < -0.3 is 15.0 Å². The van der Waals surface area contributed by atoms with Gasteiger partial charge in [0.1, 0.15) is 6.54 Å². The number of hydrogen-bond donors (Lipinski definition) is 2. The van der Waals surface area contributed by atoms with Gasteiger partial charge in [0, 0.05) is 27.1 Å². The number of carbonyl (C=O) groups is 2. The van der Waals surface area contributed by atoms with E-state index in [4.69, 9.17) is 5.11 Å². The largest absolute Gasteiger partial charge is 0.481 e. The number of aromatic nitrogens is 4. The summed E-state index contributed by atoms with van der Waals surface area (Å²) in [6.45, 7) is 0.0886. The van der Waals surface area contributed by atoms with Crippen molar-refractivity contribution in [1.29, 1.82) is 0 Å². The van der Waals surface area contributed by atoms with Gasteiger partial charge >= 0.3 is 11.7 Å². The van der Waals surface area contributed by atoms with Crippen LogP contribution in [0.5, 0.6) is 0 Å². The monoisotopic (exact) mass is 323 g/mol. The van der Waals surface area contributed by atoms with E-state index in [9.17, 15) is 19.2 Å². The smallest absolute Gasteiger partial charge is 0.332 e. The lowest BCUT2D eigenvalue weighted by molar-refractivity contribution is -0.137. The average Bonchev–Trinajstić information content (AvgIpc) is 2.91. The first kappa shape index (κ1) is 16.5. The molecule has 10 nitrogen and oxygen atoms in total. The van der Waals surface area contributed by atoms with E-state index in [0.717, 1.165) is 4.57 Å². The van der Waals surface area contributed by atoms with Crippen molar-refractivity contribution in [3.63, 3.8) is 0 Å². The van der Waals surface area contributed by atoms with Crippen molar-refractivity contribution in [3.8, 4) is 0 Å². The molecule has 2 aromatic heterocycles. The summed E-state index contributed by atoms with van der Waals surface area (Å²) in [6, 6.07) is 0. The van der Waals surface area contributed by atoms with Crippen LogP contribution >= 0.6 is 0 Å². The Morgan fingerprint density at radius 1 is 1.26 bits per heavy atom. The van der Waals surface area contributed by atoms with Crippen LogP contribution in [0, 0.1) is 0 Å². The summed E-state index contributed by atoms with van der Waals surface area (Å²) in [4.78, 5) is 50.3. The molecule has 2 rings (SSSR count). The van der Waals surface area contributed by atoms with Crippen LogP contribution in [0.25, 0.3) is 11.2 Å². The summed E-state index contributed by atoms with van der Waals surface area (Å²) in [5.74, 6) is -1.30. The van der Waals surface area contributed by atoms with Gasteiger partial charge in [-0.3, -0.25) is 23.5 Å². The number of fused-ring (bicyclic) bond motifs is 1. The Morgan fingerprint density at radius 2 is 1.96 bits per heavy atom. The number of aliphatic carboxylic acids is 1. The molecule has 0 aliphatic heterocycles. The van der Waals surface area contributed by atoms with Crippen molar-refractivity contribution >= 4 is 23.0 Å². The maximum absolute atomic E-state index is 12.2. The summed E-state index contributed by atoms with van der Waals surface area (Å²) in [6.07, 6.45) is 1.61. The van der Waals surface area contributed by atoms with Gasteiger partial charge in [-0.05, 0) is 6.42 Å². The molecule has 0 saturated carbocycles. The third-order valence-corrected chi connectivity index (χ3v) is 3.42. The van der Waals surface area contributed by atoms with Crippen LogP contribution in [0.1, 0.15) is 12.8 Å². The van der Waals surface area contributed by atoms with Crippen LogP contribution in [0.2, 0.25) is 0 Å². The highest BCUT2D eigenvalue weighted by Gasteiger charge is 2.15. The fourth-order valence-electron chi connectivity index (χ4n) is 2.19. The SMILES string of the molecule is Cn1c(=O)c2c(ncn2CC(=O)NCCCC(=O)O)n(C)c1=O. The number of hydrogen-bond acceptors (Lipinski definition) is 5. The molecule has 0 aliphatic rings. The molecule has 2 N–H and O–H groups in total. The maximum Gasteiger partial charge on any atom is 0.332 e. The average molecular weight is 323 g/mol. The number of carbonyl (C=O) groups excluding carboxylic acids is 1. The van der Waals surface area contributed by atoms with Crippen molar-refractivity contribution in [3.05, 3.63) is 27.2 Å². The van der Waals surface area contributed by atoms with E-state index in [2.05, 4.69) is 10.3 Å². The lowest BCUT2D eigenvalue weighted by atomic mass is 10.3. The molecule has 2 aromatic rings. The Balaban J connectivity index is 2.19. The fourth-order valence-corrected chi connectivity index (χ4v) is 2.19. The quantitative estimate of drug-likeness (QED) is 0.617. The second kappa shape index (κ2) is 6.46. The normalized spacial score (nSPS) is 10.9. The molecule has 0 spiro atoms. The van der Waals surface area contributed by atoms with E-state index in [1.807, 2.05) is 0 Å². The Morgan fingerprint density at radius 3 is 2.61 bits per heavy atom. The molecule has 0 unspecified atom stereocenters. The molecular weight excluding hydrogens is 306 g/mol. The minimum absolute atomic E-state index is 0.0308. The van der Waals surface area contributed by atoms with Crippen LogP contribution in [-0.4, -0.2) is 42.2 Å². The number of nitrogens with zero attached hydrogens (tertiary/aromatic N) is 4. The Hall–Kier alpha value is -2.91. The van der Waals surface area contributed by atoms with Gasteiger partial charge in [0.15, 0.2) is 11.2 Å². The number of nitrogens with one attached hydrogen (secondary N) is 1. The first-order valence-corrected chi connectivity index (χ1v) is 6.92. The van der Waals surface area contributed by atoms with E-state index in [0.29, 0.717) is 6.42 Å². The van der Waals surface area contributed by atoms with Gasteiger partial charge in [0.05, 0.1) is 6.33 Å². The summed E-state index contributed by atoms with van der Waals surface area (Å²) in [5, 5.41) is 11.1. The molecule has 1 amide bonds. The van der Waals surface area contributed by atoms with Crippen LogP contribution < -0.4 is 16.6 Å². The van der Waals surface area contributed by atoms with E-state index in [1.54, 1.807) is 0 Å². The molecule has 0 fully saturated rings. The van der Waals surface area contributed by atoms with E-state index < -0.39 is 17.2 Å². The van der Waals surface area contributed by atoms with Gasteiger partial charge in [-0.2, -0.15) is 0 Å². The molecule has 0 aliphatic carbocycles. The van der Waals surface area contributed by atoms with Gasteiger partial charge in [0.2, 0.25) is 5.91 Å². The molecule has 10 heteroatoms. The zero-order chi connectivity index (χ0) is 17.1. The summed E-state index contributed by atoms with van der Waals surface area (Å²) in [5.41, 5.74) is -0.655. The molecular formula is C13H17N5O5. The molecule has 0 radical (unpaired) electrons. The van der Waals surface area contributed by atoms with Crippen molar-refractivity contribution in [2.45, 2.75) is 19.4 Å². The molecule has 0 atom stereocenters. The van der Waals surface area contributed by atoms with Crippen molar-refractivity contribution in [2.24, 2.45) is 14.1 Å². The van der Waals surface area contributed by atoms with Gasteiger partial charge in [-0.15, -0.1) is 0 Å². The number of aryl methyl sites for hydroxylation is 1. The molecule has 124 valence electrons. The molecule has 0 bridgehead atoms. The standard InChI is InChI=1S/C13H17N5O5/c1-16-11-10(12(22)17(2)13(16)23)18(7-15-11)6-8(19)14-5-3-4-9(20)21/h7H,3-6H2,1-2H3,(H,14,19)(H,20,21). The lowest BCUT2D eigenvalue weighted by Gasteiger charge is -2.07. The van der Waals surface area contributed by atoms with Gasteiger partial charge in [-0.1, -0.05) is 0 Å². The maximum atomic E-state index is 12.2. The number of imidazole rings is 1. The summed E-state index contributed by atoms with van der Waals surface area (Å²) < 4.78 is 3.55. The second-order valence-corrected chi connectivity index (χ2v) is 5.10. The molecule has 0 saturated heterocycles. The Bertz CT molecular complexity index is 875. The van der Waals surface area contributed by atoms with Crippen molar-refractivity contribution < 1.29 is 14.7 Å². The highest BCUT2D eigenvalue weighted by Crippen LogP contribution is 2.04. The zero-order valence-electron chi connectivity index (χ0n) is 12.8. The Labute approximate surface area is 130 Å². The summed E-state index contributed by atoms with van der Waals surface area (Å²) in [7, 11) is 2.85. The first-order chi connectivity index (χ1) is 10.8. The van der Waals surface area contributed by atoms with Crippen LogP contribution in [0.3, 0.4) is 0 Å². The molecule has 2 heterocycles. The predicted octanol–water partition coefficient (Wildman–Crippen LogP) is -1.59. The highest BCUT2D eigenvalue weighted by molar-refractivity contribution is 5.78. The number of carboxylic acids is 1. The minimum atomic E-state index is -0.927. The number of amides is 1. The van der Waals surface area contributed by atoms with Gasteiger partial charge in [0.25, 0.3) is 5.56 Å². The van der Waals surface area contributed by atoms with Crippen LogP contribution in [0.15, 0.2) is 15.9 Å². The van der Waals surface area contributed by atoms with Crippen LogP contribution in [0.4, 0.5) is 0 Å². The van der Waals surface area contributed by atoms with E-state index in [1.165, 1.54) is 29.6 Å².